The highest BCUT2D eigenvalue weighted by Gasteiger charge is 2.28. The normalized spacial score (nSPS) is 15.0. The van der Waals surface area contributed by atoms with Gasteiger partial charge >= 0.3 is 6.03 Å². The zero-order valence-electron chi connectivity index (χ0n) is 17.0. The summed E-state index contributed by atoms with van der Waals surface area (Å²) in [4.78, 5) is 30.7. The number of likely N-dealkylation sites (N-methyl/N-ethyl adjacent to an activating group) is 1. The molecular formula is C21H34N4O2. The van der Waals surface area contributed by atoms with E-state index in [9.17, 15) is 9.59 Å². The molecule has 1 N–H and O–H groups in total. The van der Waals surface area contributed by atoms with E-state index in [-0.39, 0.29) is 17.9 Å². The second-order valence-electron chi connectivity index (χ2n) is 7.23. The fourth-order valence-electron chi connectivity index (χ4n) is 3.52. The van der Waals surface area contributed by atoms with Gasteiger partial charge in [0.25, 0.3) is 0 Å². The molecule has 1 aliphatic heterocycles. The Morgan fingerprint density at radius 1 is 1.11 bits per heavy atom. The second kappa shape index (κ2) is 10.9. The molecule has 0 atom stereocenters. The Hall–Kier alpha value is -2.08. The highest BCUT2D eigenvalue weighted by atomic mass is 16.2. The van der Waals surface area contributed by atoms with Crippen LogP contribution < -0.4 is 5.32 Å². The van der Waals surface area contributed by atoms with E-state index in [4.69, 9.17) is 0 Å². The van der Waals surface area contributed by atoms with Crippen molar-refractivity contribution in [1.82, 2.24) is 20.0 Å². The van der Waals surface area contributed by atoms with Gasteiger partial charge < -0.3 is 20.0 Å². The number of likely N-dealkylation sites (tertiary alicyclic amines) is 1. The first-order valence-electron chi connectivity index (χ1n) is 10.1. The van der Waals surface area contributed by atoms with Gasteiger partial charge in [0, 0.05) is 51.7 Å². The molecule has 1 heterocycles. The van der Waals surface area contributed by atoms with Crippen molar-refractivity contribution in [2.45, 2.75) is 33.2 Å². The lowest BCUT2D eigenvalue weighted by atomic mass is 9.96. The predicted molar refractivity (Wildman–Crippen MR) is 108 cm³/mol. The van der Waals surface area contributed by atoms with E-state index in [0.29, 0.717) is 19.6 Å². The molecule has 0 aromatic heterocycles. The highest BCUT2D eigenvalue weighted by Crippen LogP contribution is 2.18. The van der Waals surface area contributed by atoms with Crippen LogP contribution in [-0.2, 0) is 11.3 Å². The molecule has 0 spiro atoms. The zero-order chi connectivity index (χ0) is 19.6. The van der Waals surface area contributed by atoms with Crippen LogP contribution in [0.15, 0.2) is 30.3 Å². The van der Waals surface area contributed by atoms with Crippen molar-refractivity contribution >= 4 is 11.9 Å². The number of amides is 3. The number of carbonyl (C=O) groups is 2. The third-order valence-electron chi connectivity index (χ3n) is 5.26. The van der Waals surface area contributed by atoms with Crippen LogP contribution >= 0.6 is 0 Å². The Morgan fingerprint density at radius 3 is 2.33 bits per heavy atom. The van der Waals surface area contributed by atoms with Crippen LogP contribution in [0.3, 0.4) is 0 Å². The molecular weight excluding hydrogens is 340 g/mol. The second-order valence-corrected chi connectivity index (χ2v) is 7.23. The van der Waals surface area contributed by atoms with Crippen molar-refractivity contribution in [2.75, 3.05) is 46.3 Å². The summed E-state index contributed by atoms with van der Waals surface area (Å²) < 4.78 is 0. The van der Waals surface area contributed by atoms with E-state index in [2.05, 4.69) is 29.4 Å². The summed E-state index contributed by atoms with van der Waals surface area (Å²) in [6.07, 6.45) is 1.50. The maximum absolute atomic E-state index is 12.4. The topological polar surface area (TPSA) is 55.9 Å². The molecule has 150 valence electrons. The van der Waals surface area contributed by atoms with Gasteiger partial charge in [0.05, 0.1) is 0 Å². The lowest BCUT2D eigenvalue weighted by Gasteiger charge is -2.34. The van der Waals surface area contributed by atoms with Crippen molar-refractivity contribution in [1.29, 1.82) is 0 Å². The molecule has 2 rings (SSSR count). The van der Waals surface area contributed by atoms with Crippen molar-refractivity contribution in [3.8, 4) is 0 Å². The first-order chi connectivity index (χ1) is 13.0. The number of benzene rings is 1. The lowest BCUT2D eigenvalue weighted by molar-refractivity contribution is -0.126. The largest absolute Gasteiger partial charge is 0.355 e. The summed E-state index contributed by atoms with van der Waals surface area (Å²) in [6, 6.07) is 10.4. The summed E-state index contributed by atoms with van der Waals surface area (Å²) in [5, 5.41) is 3.06. The third-order valence-corrected chi connectivity index (χ3v) is 5.26. The first kappa shape index (κ1) is 21.2. The average molecular weight is 375 g/mol. The van der Waals surface area contributed by atoms with E-state index < -0.39 is 0 Å². The van der Waals surface area contributed by atoms with E-state index in [0.717, 1.165) is 39.0 Å². The molecule has 1 aromatic rings. The van der Waals surface area contributed by atoms with E-state index in [1.807, 2.05) is 41.8 Å². The molecule has 0 unspecified atom stereocenters. The molecule has 27 heavy (non-hydrogen) atoms. The molecule has 1 aliphatic rings. The Bertz CT molecular complexity index is 581. The molecule has 6 nitrogen and oxygen atoms in total. The van der Waals surface area contributed by atoms with Crippen LogP contribution in [0.2, 0.25) is 0 Å². The number of urea groups is 1. The van der Waals surface area contributed by atoms with Crippen LogP contribution in [0.5, 0.6) is 0 Å². The standard InChI is InChI=1S/C21H34N4O2/c1-4-24(5-2)21(27)25-14-11-19(12-15-25)20(26)22-13-16-23(3)17-18-9-7-6-8-10-18/h6-10,19H,4-5,11-17H2,1-3H3,(H,22,26). The fraction of sp³-hybridized carbons (Fsp3) is 0.619. The van der Waals surface area contributed by atoms with Gasteiger partial charge in [0.1, 0.15) is 0 Å². The summed E-state index contributed by atoms with van der Waals surface area (Å²) in [5.41, 5.74) is 1.27. The van der Waals surface area contributed by atoms with Crippen molar-refractivity contribution < 1.29 is 9.59 Å². The Kier molecular flexibility index (Phi) is 8.58. The van der Waals surface area contributed by atoms with E-state index in [1.54, 1.807) is 0 Å². The van der Waals surface area contributed by atoms with Crippen LogP contribution in [-0.4, -0.2) is 73.0 Å². The van der Waals surface area contributed by atoms with Crippen LogP contribution in [0, 0.1) is 5.92 Å². The van der Waals surface area contributed by atoms with E-state index >= 15 is 0 Å². The summed E-state index contributed by atoms with van der Waals surface area (Å²) >= 11 is 0. The van der Waals surface area contributed by atoms with Gasteiger partial charge in [-0.05, 0) is 39.3 Å². The van der Waals surface area contributed by atoms with Gasteiger partial charge in [-0.1, -0.05) is 30.3 Å². The molecule has 1 fully saturated rings. The highest BCUT2D eigenvalue weighted by molar-refractivity contribution is 5.79. The smallest absolute Gasteiger partial charge is 0.319 e. The zero-order valence-corrected chi connectivity index (χ0v) is 17.0. The minimum absolute atomic E-state index is 0.0187. The third kappa shape index (κ3) is 6.54. The molecule has 1 aromatic carbocycles. The van der Waals surface area contributed by atoms with Crippen LogP contribution in [0.1, 0.15) is 32.3 Å². The maximum Gasteiger partial charge on any atom is 0.319 e. The van der Waals surface area contributed by atoms with Crippen molar-refractivity contribution in [3.05, 3.63) is 35.9 Å². The number of nitrogens with zero attached hydrogens (tertiary/aromatic N) is 3. The number of piperidine rings is 1. The minimum Gasteiger partial charge on any atom is -0.355 e. The average Bonchev–Trinajstić information content (AvgIpc) is 2.69. The Morgan fingerprint density at radius 2 is 1.74 bits per heavy atom. The number of hydrogen-bond acceptors (Lipinski definition) is 3. The first-order valence-corrected chi connectivity index (χ1v) is 10.1. The van der Waals surface area contributed by atoms with Crippen LogP contribution in [0.4, 0.5) is 4.79 Å². The molecule has 0 radical (unpaired) electrons. The Balaban J connectivity index is 1.66. The SMILES string of the molecule is CCN(CC)C(=O)N1CCC(C(=O)NCCN(C)Cc2ccccc2)CC1. The molecule has 3 amide bonds. The van der Waals surface area contributed by atoms with Crippen molar-refractivity contribution in [2.24, 2.45) is 5.92 Å². The van der Waals surface area contributed by atoms with Gasteiger partial charge in [-0.15, -0.1) is 0 Å². The minimum atomic E-state index is 0.0187. The van der Waals surface area contributed by atoms with Gasteiger partial charge in [-0.25, -0.2) is 4.79 Å². The summed E-state index contributed by atoms with van der Waals surface area (Å²) in [6.45, 7) is 9.14. The Labute approximate surface area is 163 Å². The number of hydrogen-bond donors (Lipinski definition) is 1. The summed E-state index contributed by atoms with van der Waals surface area (Å²) in [5.74, 6) is 0.142. The van der Waals surface area contributed by atoms with Crippen LogP contribution in [0.25, 0.3) is 0 Å². The number of carbonyl (C=O) groups excluding carboxylic acids is 2. The molecule has 1 saturated heterocycles. The van der Waals surface area contributed by atoms with Gasteiger partial charge in [0.2, 0.25) is 5.91 Å². The van der Waals surface area contributed by atoms with E-state index in [1.165, 1.54) is 5.56 Å². The van der Waals surface area contributed by atoms with Crippen molar-refractivity contribution in [3.63, 3.8) is 0 Å². The van der Waals surface area contributed by atoms with Gasteiger partial charge in [-0.3, -0.25) is 4.79 Å². The molecule has 6 heteroatoms. The lowest BCUT2D eigenvalue weighted by Crippen LogP contribution is -2.48. The van der Waals surface area contributed by atoms with Gasteiger partial charge in [-0.2, -0.15) is 0 Å². The molecule has 0 aliphatic carbocycles. The molecule has 0 bridgehead atoms. The quantitative estimate of drug-likeness (QED) is 0.760. The summed E-state index contributed by atoms with van der Waals surface area (Å²) in [7, 11) is 2.07. The maximum atomic E-state index is 12.4. The number of nitrogens with one attached hydrogen (secondary N) is 1. The predicted octanol–water partition coefficient (Wildman–Crippen LogP) is 2.41. The number of rotatable bonds is 8. The van der Waals surface area contributed by atoms with Gasteiger partial charge in [0.15, 0.2) is 0 Å². The monoisotopic (exact) mass is 374 g/mol. The fourth-order valence-corrected chi connectivity index (χ4v) is 3.52. The molecule has 0 saturated carbocycles.